The minimum absolute atomic E-state index is 0.470. The molecule has 1 N–H and O–H groups in total. The fourth-order valence-corrected chi connectivity index (χ4v) is 3.91. The first-order valence-electron chi connectivity index (χ1n) is 10.3. The monoisotopic (exact) mass is 402 g/mol. The van der Waals surface area contributed by atoms with Crippen molar-refractivity contribution in [1.29, 1.82) is 5.26 Å². The lowest BCUT2D eigenvalue weighted by Gasteiger charge is -2.36. The highest BCUT2D eigenvalue weighted by atomic mass is 15.5. The molecule has 0 unspecified atom stereocenters. The van der Waals surface area contributed by atoms with E-state index in [1.807, 2.05) is 12.1 Å². The Labute approximate surface area is 176 Å². The van der Waals surface area contributed by atoms with Crippen molar-refractivity contribution in [2.24, 2.45) is 5.92 Å². The van der Waals surface area contributed by atoms with Crippen molar-refractivity contribution in [3.05, 3.63) is 53.3 Å². The number of pyridine rings is 1. The molecule has 8 heteroatoms. The lowest BCUT2D eigenvalue weighted by molar-refractivity contribution is 0.247. The van der Waals surface area contributed by atoms with Gasteiger partial charge < -0.3 is 4.90 Å². The summed E-state index contributed by atoms with van der Waals surface area (Å²) in [6, 6.07) is 14.3. The molecule has 1 fully saturated rings. The summed E-state index contributed by atoms with van der Waals surface area (Å²) in [5, 5.41) is 23.8. The maximum atomic E-state index is 9.06. The van der Waals surface area contributed by atoms with Gasteiger partial charge in [-0.15, -0.1) is 10.2 Å². The molecule has 0 spiro atoms. The van der Waals surface area contributed by atoms with Gasteiger partial charge >= 0.3 is 0 Å². The van der Waals surface area contributed by atoms with E-state index in [1.54, 1.807) is 6.07 Å². The normalized spacial score (nSPS) is 14.8. The van der Waals surface area contributed by atoms with Gasteiger partial charge in [0.25, 0.3) is 0 Å². The molecule has 3 heterocycles. The van der Waals surface area contributed by atoms with Crippen LogP contribution in [0.15, 0.2) is 36.4 Å². The van der Waals surface area contributed by atoms with E-state index >= 15 is 0 Å². The molecule has 154 valence electrons. The lowest BCUT2D eigenvalue weighted by Crippen LogP contribution is -2.46. The average Bonchev–Trinajstić information content (AvgIpc) is 3.29. The first kappa shape index (κ1) is 20.0. The third-order valence-corrected chi connectivity index (χ3v) is 5.31. The van der Waals surface area contributed by atoms with Crippen LogP contribution in [0.5, 0.6) is 0 Å². The van der Waals surface area contributed by atoms with Crippen molar-refractivity contribution in [3.63, 3.8) is 0 Å². The van der Waals surface area contributed by atoms with Crippen molar-refractivity contribution in [3.8, 4) is 17.5 Å². The van der Waals surface area contributed by atoms with Crippen LogP contribution < -0.4 is 4.90 Å². The molecule has 8 nitrogen and oxygen atoms in total. The second kappa shape index (κ2) is 9.01. The third kappa shape index (κ3) is 4.63. The number of aromatic nitrogens is 5. The van der Waals surface area contributed by atoms with Crippen LogP contribution in [0.4, 0.5) is 5.69 Å². The Morgan fingerprint density at radius 3 is 2.67 bits per heavy atom. The lowest BCUT2D eigenvalue weighted by atomic mass is 9.99. The van der Waals surface area contributed by atoms with Crippen LogP contribution in [0.3, 0.4) is 0 Å². The van der Waals surface area contributed by atoms with Crippen LogP contribution in [0.25, 0.3) is 11.4 Å². The Hall–Kier alpha value is -3.31. The number of anilines is 1. The Morgan fingerprint density at radius 1 is 1.13 bits per heavy atom. The van der Waals surface area contributed by atoms with E-state index in [2.05, 4.69) is 73.5 Å². The third-order valence-electron chi connectivity index (χ3n) is 5.31. The SMILES string of the molecule is CC(C)Cc1ccc(-c2nn[nH]n2)c(N2CCN(Cc3cccc(C#N)n3)CC2)c1. The molecule has 30 heavy (non-hydrogen) atoms. The maximum Gasteiger partial charge on any atom is 0.206 e. The van der Waals surface area contributed by atoms with Gasteiger partial charge in [-0.2, -0.15) is 10.5 Å². The number of hydrogen-bond acceptors (Lipinski definition) is 7. The van der Waals surface area contributed by atoms with Crippen molar-refractivity contribution < 1.29 is 0 Å². The molecule has 0 aliphatic carbocycles. The van der Waals surface area contributed by atoms with Crippen molar-refractivity contribution in [1.82, 2.24) is 30.5 Å². The summed E-state index contributed by atoms with van der Waals surface area (Å²) in [6.07, 6.45) is 1.04. The predicted octanol–water partition coefficient (Wildman–Crippen LogP) is 2.65. The summed E-state index contributed by atoms with van der Waals surface area (Å²) < 4.78 is 0. The van der Waals surface area contributed by atoms with Gasteiger partial charge in [0.05, 0.1) is 5.69 Å². The van der Waals surface area contributed by atoms with Crippen LogP contribution in [-0.4, -0.2) is 56.7 Å². The van der Waals surface area contributed by atoms with Crippen LogP contribution in [0, 0.1) is 17.2 Å². The number of nitrogens with one attached hydrogen (secondary N) is 1. The van der Waals surface area contributed by atoms with Gasteiger partial charge in [0.2, 0.25) is 5.82 Å². The second-order valence-electron chi connectivity index (χ2n) is 8.07. The molecule has 1 aromatic carbocycles. The average molecular weight is 403 g/mol. The highest BCUT2D eigenvalue weighted by Crippen LogP contribution is 2.31. The van der Waals surface area contributed by atoms with E-state index in [-0.39, 0.29) is 0 Å². The van der Waals surface area contributed by atoms with Crippen LogP contribution in [-0.2, 0) is 13.0 Å². The number of benzene rings is 1. The number of H-pyrrole nitrogens is 1. The highest BCUT2D eigenvalue weighted by molar-refractivity contribution is 5.75. The molecule has 0 radical (unpaired) electrons. The largest absolute Gasteiger partial charge is 0.368 e. The van der Waals surface area contributed by atoms with Crippen LogP contribution in [0.1, 0.15) is 30.8 Å². The van der Waals surface area contributed by atoms with E-state index in [9.17, 15) is 0 Å². The summed E-state index contributed by atoms with van der Waals surface area (Å²) in [7, 11) is 0. The summed E-state index contributed by atoms with van der Waals surface area (Å²) >= 11 is 0. The molecular weight excluding hydrogens is 376 g/mol. The summed E-state index contributed by atoms with van der Waals surface area (Å²) in [5.41, 5.74) is 4.91. The molecule has 1 saturated heterocycles. The molecule has 0 amide bonds. The van der Waals surface area contributed by atoms with E-state index in [0.717, 1.165) is 50.4 Å². The minimum Gasteiger partial charge on any atom is -0.368 e. The molecule has 1 aliphatic rings. The van der Waals surface area contributed by atoms with Gasteiger partial charge in [0, 0.05) is 44.0 Å². The topological polar surface area (TPSA) is 97.6 Å². The summed E-state index contributed by atoms with van der Waals surface area (Å²) in [6.45, 7) is 8.91. The molecule has 0 atom stereocenters. The standard InChI is InChI=1S/C22H26N8/c1-16(2)12-17-6-7-20(22-25-27-28-26-22)21(13-17)30-10-8-29(9-11-30)15-19-5-3-4-18(14-23)24-19/h3-7,13,16H,8-12,15H2,1-2H3,(H,25,26,27,28). The molecule has 2 aromatic heterocycles. The molecule has 3 aromatic rings. The van der Waals surface area contributed by atoms with Gasteiger partial charge in [-0.1, -0.05) is 26.0 Å². The zero-order chi connectivity index (χ0) is 20.9. The van der Waals surface area contributed by atoms with Crippen molar-refractivity contribution >= 4 is 5.69 Å². The number of aromatic amines is 1. The molecule has 4 rings (SSSR count). The zero-order valence-corrected chi connectivity index (χ0v) is 17.4. The number of rotatable bonds is 6. The Kier molecular flexibility index (Phi) is 6.00. The Balaban J connectivity index is 1.49. The van der Waals surface area contributed by atoms with E-state index in [0.29, 0.717) is 17.4 Å². The predicted molar refractivity (Wildman–Crippen MR) is 115 cm³/mol. The number of nitriles is 1. The number of piperazine rings is 1. The fourth-order valence-electron chi connectivity index (χ4n) is 3.91. The van der Waals surface area contributed by atoms with Gasteiger partial charge in [-0.3, -0.25) is 4.90 Å². The first-order valence-corrected chi connectivity index (χ1v) is 10.3. The molecule has 1 aliphatic heterocycles. The van der Waals surface area contributed by atoms with Gasteiger partial charge in [0.15, 0.2) is 0 Å². The quantitative estimate of drug-likeness (QED) is 0.677. The van der Waals surface area contributed by atoms with E-state index < -0.39 is 0 Å². The van der Waals surface area contributed by atoms with Crippen LogP contribution >= 0.6 is 0 Å². The fraction of sp³-hybridized carbons (Fsp3) is 0.409. The van der Waals surface area contributed by atoms with E-state index in [1.165, 1.54) is 11.3 Å². The maximum absolute atomic E-state index is 9.06. The van der Waals surface area contributed by atoms with Gasteiger partial charge in [0.1, 0.15) is 11.8 Å². The summed E-state index contributed by atoms with van der Waals surface area (Å²) in [5.74, 6) is 1.23. The van der Waals surface area contributed by atoms with Crippen molar-refractivity contribution in [2.75, 3.05) is 31.1 Å². The van der Waals surface area contributed by atoms with Crippen LogP contribution in [0.2, 0.25) is 0 Å². The number of hydrogen-bond donors (Lipinski definition) is 1. The van der Waals surface area contributed by atoms with Gasteiger partial charge in [-0.25, -0.2) is 4.98 Å². The van der Waals surface area contributed by atoms with Crippen molar-refractivity contribution in [2.45, 2.75) is 26.8 Å². The Morgan fingerprint density at radius 2 is 1.97 bits per heavy atom. The Bertz CT molecular complexity index is 1010. The number of nitrogens with zero attached hydrogens (tertiary/aromatic N) is 7. The zero-order valence-electron chi connectivity index (χ0n) is 17.4. The number of tetrazole rings is 1. The molecule has 0 bridgehead atoms. The second-order valence-corrected chi connectivity index (χ2v) is 8.07. The first-order chi connectivity index (χ1) is 14.6. The molecular formula is C22H26N8. The van der Waals surface area contributed by atoms with Gasteiger partial charge in [-0.05, 0) is 47.4 Å². The summed E-state index contributed by atoms with van der Waals surface area (Å²) in [4.78, 5) is 9.20. The van der Waals surface area contributed by atoms with E-state index in [4.69, 9.17) is 5.26 Å². The highest BCUT2D eigenvalue weighted by Gasteiger charge is 2.22. The smallest absolute Gasteiger partial charge is 0.206 e. The minimum atomic E-state index is 0.470. The molecule has 0 saturated carbocycles.